The maximum absolute atomic E-state index is 5.02. The van der Waals surface area contributed by atoms with E-state index in [9.17, 15) is 0 Å². The van der Waals surface area contributed by atoms with Gasteiger partial charge in [0.2, 0.25) is 0 Å². The van der Waals surface area contributed by atoms with Crippen LogP contribution in [0, 0.1) is 0 Å². The number of nitrogens with zero attached hydrogens (tertiary/aromatic N) is 5. The molecule has 0 fully saturated rings. The van der Waals surface area contributed by atoms with Crippen LogP contribution in [-0.2, 0) is 0 Å². The number of pyridine rings is 2. The van der Waals surface area contributed by atoms with Gasteiger partial charge in [-0.3, -0.25) is 13.7 Å². The van der Waals surface area contributed by atoms with E-state index in [2.05, 4.69) is 147 Å². The van der Waals surface area contributed by atoms with Crippen molar-refractivity contribution in [1.29, 1.82) is 0 Å². The summed E-state index contributed by atoms with van der Waals surface area (Å²) in [5.41, 5.74) is 7.76. The molecule has 0 saturated carbocycles. The zero-order valence-corrected chi connectivity index (χ0v) is 26.4. The van der Waals surface area contributed by atoms with Crippen LogP contribution in [0.25, 0.3) is 92.1 Å². The van der Waals surface area contributed by atoms with E-state index >= 15 is 0 Å². The highest BCUT2D eigenvalue weighted by molar-refractivity contribution is 7.25. The van der Waals surface area contributed by atoms with Crippen molar-refractivity contribution in [1.82, 2.24) is 23.7 Å². The molecule has 6 heterocycles. The molecule has 0 amide bonds. The average molecular weight is 632 g/mol. The molecule has 5 nitrogen and oxygen atoms in total. The number of rotatable bonds is 3. The molecule has 0 unspecified atom stereocenters. The van der Waals surface area contributed by atoms with Crippen molar-refractivity contribution in [3.05, 3.63) is 152 Å². The van der Waals surface area contributed by atoms with Gasteiger partial charge in [-0.25, -0.2) is 9.97 Å². The van der Waals surface area contributed by atoms with E-state index in [1.165, 1.54) is 47.2 Å². The summed E-state index contributed by atoms with van der Waals surface area (Å²) in [4.78, 5) is 10.0. The minimum Gasteiger partial charge on any atom is -0.295 e. The summed E-state index contributed by atoms with van der Waals surface area (Å²) in [5, 5.41) is 8.46. The largest absolute Gasteiger partial charge is 0.295 e. The number of thiophene rings is 1. The number of hydrogen-bond donors (Lipinski definition) is 0. The van der Waals surface area contributed by atoms with Crippen LogP contribution in [0.3, 0.4) is 0 Å². The van der Waals surface area contributed by atoms with E-state index in [0.717, 1.165) is 44.9 Å². The van der Waals surface area contributed by atoms with Gasteiger partial charge in [0.05, 0.1) is 21.3 Å². The lowest BCUT2D eigenvalue weighted by molar-refractivity contribution is 1.05. The standard InChI is InChI=1S/C42H25N5S/c1-2-11-26(12-3-1)45-36-19-9-6-15-30(36)40-31-16-10-22-43-41(31)46(42(40)45)27-20-21-37-32(23-27)33-24-39(44-25-38(33)48-37)47-34-17-7-4-13-28(34)29-14-5-8-18-35(29)47/h1-25H. The Morgan fingerprint density at radius 1 is 0.438 bits per heavy atom. The fraction of sp³-hybridized carbons (Fsp3) is 0. The third-order valence-corrected chi connectivity index (χ3v) is 10.9. The summed E-state index contributed by atoms with van der Waals surface area (Å²) in [6, 6.07) is 49.9. The van der Waals surface area contributed by atoms with Crippen LogP contribution in [0.4, 0.5) is 0 Å². The van der Waals surface area contributed by atoms with Gasteiger partial charge in [0.1, 0.15) is 17.1 Å². The van der Waals surface area contributed by atoms with Crippen molar-refractivity contribution >= 4 is 86.3 Å². The normalized spacial score (nSPS) is 12.2. The highest BCUT2D eigenvalue weighted by Crippen LogP contribution is 2.42. The predicted octanol–water partition coefficient (Wildman–Crippen LogP) is 11.0. The first-order valence-electron chi connectivity index (χ1n) is 16.1. The number of para-hydroxylation sites is 4. The lowest BCUT2D eigenvalue weighted by Crippen LogP contribution is -2.02. The molecule has 0 bridgehead atoms. The maximum Gasteiger partial charge on any atom is 0.146 e. The van der Waals surface area contributed by atoms with Crippen LogP contribution in [0.1, 0.15) is 0 Å². The molecule has 0 N–H and O–H groups in total. The van der Waals surface area contributed by atoms with Gasteiger partial charge in [0, 0.05) is 66.2 Å². The van der Waals surface area contributed by atoms with Gasteiger partial charge in [0.15, 0.2) is 0 Å². The molecule has 0 aliphatic heterocycles. The minimum absolute atomic E-state index is 0.921. The average Bonchev–Trinajstić information content (AvgIpc) is 3.87. The van der Waals surface area contributed by atoms with Crippen molar-refractivity contribution in [2.45, 2.75) is 0 Å². The van der Waals surface area contributed by atoms with E-state index in [0.29, 0.717) is 0 Å². The van der Waals surface area contributed by atoms with Crippen LogP contribution in [0.15, 0.2) is 152 Å². The van der Waals surface area contributed by atoms with E-state index in [1.807, 2.05) is 18.5 Å². The summed E-state index contributed by atoms with van der Waals surface area (Å²) < 4.78 is 9.43. The van der Waals surface area contributed by atoms with Crippen LogP contribution < -0.4 is 0 Å². The van der Waals surface area contributed by atoms with Crippen LogP contribution >= 0.6 is 11.3 Å². The molecule has 6 heteroatoms. The van der Waals surface area contributed by atoms with E-state index in [1.54, 1.807) is 11.3 Å². The molecule has 48 heavy (non-hydrogen) atoms. The monoisotopic (exact) mass is 631 g/mol. The first kappa shape index (κ1) is 25.9. The second kappa shape index (κ2) is 9.64. The molecule has 224 valence electrons. The number of benzene rings is 5. The number of hydrogen-bond acceptors (Lipinski definition) is 3. The van der Waals surface area contributed by atoms with Gasteiger partial charge < -0.3 is 0 Å². The molecular formula is C42H25N5S. The summed E-state index contributed by atoms with van der Waals surface area (Å²) in [7, 11) is 0. The SMILES string of the molecule is c1ccc(-n2c3ccccc3c3c4cccnc4n(-c4ccc5sc6cnc(-n7c8ccccc8c8ccccc87)cc6c5c4)c32)cc1. The van der Waals surface area contributed by atoms with Gasteiger partial charge in [-0.2, -0.15) is 0 Å². The van der Waals surface area contributed by atoms with Gasteiger partial charge >= 0.3 is 0 Å². The van der Waals surface area contributed by atoms with E-state index < -0.39 is 0 Å². The minimum atomic E-state index is 0.921. The molecule has 11 aromatic rings. The molecule has 11 rings (SSSR count). The Hall–Kier alpha value is -6.24. The Morgan fingerprint density at radius 3 is 1.85 bits per heavy atom. The van der Waals surface area contributed by atoms with Gasteiger partial charge in [0.25, 0.3) is 0 Å². The van der Waals surface area contributed by atoms with Crippen LogP contribution in [-0.4, -0.2) is 23.7 Å². The van der Waals surface area contributed by atoms with E-state index in [4.69, 9.17) is 9.97 Å². The Bertz CT molecular complexity index is 3010. The van der Waals surface area contributed by atoms with Crippen molar-refractivity contribution in [3.8, 4) is 17.2 Å². The lowest BCUT2D eigenvalue weighted by atomic mass is 10.1. The van der Waals surface area contributed by atoms with Crippen molar-refractivity contribution in [2.24, 2.45) is 0 Å². The first-order chi connectivity index (χ1) is 23.8. The predicted molar refractivity (Wildman–Crippen MR) is 200 cm³/mol. The Balaban J connectivity index is 1.21. The molecule has 0 atom stereocenters. The topological polar surface area (TPSA) is 40.6 Å². The summed E-state index contributed by atoms with van der Waals surface area (Å²) in [5.74, 6) is 0.921. The smallest absolute Gasteiger partial charge is 0.146 e. The fourth-order valence-electron chi connectivity index (χ4n) is 7.75. The molecule has 0 spiro atoms. The third kappa shape index (κ3) is 3.44. The molecule has 5 aromatic carbocycles. The van der Waals surface area contributed by atoms with Crippen molar-refractivity contribution in [3.63, 3.8) is 0 Å². The number of aromatic nitrogens is 5. The molecule has 0 aliphatic rings. The molecule has 0 saturated heterocycles. The molecule has 0 aliphatic carbocycles. The quantitative estimate of drug-likeness (QED) is 0.195. The van der Waals surface area contributed by atoms with Crippen LogP contribution in [0.2, 0.25) is 0 Å². The summed E-state index contributed by atoms with van der Waals surface area (Å²) >= 11 is 1.79. The van der Waals surface area contributed by atoms with Crippen LogP contribution in [0.5, 0.6) is 0 Å². The molecule has 0 radical (unpaired) electrons. The van der Waals surface area contributed by atoms with E-state index in [-0.39, 0.29) is 0 Å². The van der Waals surface area contributed by atoms with Gasteiger partial charge in [-0.15, -0.1) is 11.3 Å². The highest BCUT2D eigenvalue weighted by atomic mass is 32.1. The van der Waals surface area contributed by atoms with Crippen molar-refractivity contribution in [2.75, 3.05) is 0 Å². The first-order valence-corrected chi connectivity index (χ1v) is 16.9. The summed E-state index contributed by atoms with van der Waals surface area (Å²) in [6.45, 7) is 0. The zero-order valence-electron chi connectivity index (χ0n) is 25.6. The second-order valence-electron chi connectivity index (χ2n) is 12.3. The maximum atomic E-state index is 5.02. The number of fused-ring (bicyclic) bond motifs is 11. The Labute approximate surface area is 278 Å². The Morgan fingerprint density at radius 2 is 1.08 bits per heavy atom. The van der Waals surface area contributed by atoms with Gasteiger partial charge in [-0.1, -0.05) is 72.8 Å². The van der Waals surface area contributed by atoms with Gasteiger partial charge in [-0.05, 0) is 66.7 Å². The fourth-order valence-corrected chi connectivity index (χ4v) is 8.78. The Kier molecular flexibility index (Phi) is 5.20. The zero-order chi connectivity index (χ0) is 31.3. The van der Waals surface area contributed by atoms with Crippen molar-refractivity contribution < 1.29 is 0 Å². The highest BCUT2D eigenvalue weighted by Gasteiger charge is 2.23. The second-order valence-corrected chi connectivity index (χ2v) is 13.4. The lowest BCUT2D eigenvalue weighted by Gasteiger charge is -2.12. The summed E-state index contributed by atoms with van der Waals surface area (Å²) in [6.07, 6.45) is 3.94. The third-order valence-electron chi connectivity index (χ3n) is 9.74. The molecular weight excluding hydrogens is 607 g/mol. The molecule has 6 aromatic heterocycles.